The van der Waals surface area contributed by atoms with Gasteiger partial charge in [-0.15, -0.1) is 0 Å². The van der Waals surface area contributed by atoms with Gasteiger partial charge in [-0.2, -0.15) is 4.72 Å². The van der Waals surface area contributed by atoms with E-state index in [4.69, 9.17) is 5.73 Å². The average Bonchev–Trinajstić information content (AvgIpc) is 2.80. The summed E-state index contributed by atoms with van der Waals surface area (Å²) in [6.45, 7) is 1.48. The fraction of sp³-hybridized carbons (Fsp3) is 0.250. The van der Waals surface area contributed by atoms with Crippen molar-refractivity contribution in [3.05, 3.63) is 24.4 Å². The van der Waals surface area contributed by atoms with Gasteiger partial charge in [-0.3, -0.25) is 4.79 Å². The summed E-state index contributed by atoms with van der Waals surface area (Å²) >= 11 is 0. The maximum atomic E-state index is 12.3. The second kappa shape index (κ2) is 5.14. The number of carbonyl (C=O) groups excluding carboxylic acids is 1. The normalized spacial score (nSPS) is 13.3. The summed E-state index contributed by atoms with van der Waals surface area (Å²) in [5, 5.41) is 2.91. The third-order valence-electron chi connectivity index (χ3n) is 2.93. The summed E-state index contributed by atoms with van der Waals surface area (Å²) in [4.78, 5) is 14.3. The van der Waals surface area contributed by atoms with Crippen LogP contribution in [0.15, 0.2) is 29.3 Å². The van der Waals surface area contributed by atoms with Gasteiger partial charge in [-0.1, -0.05) is 0 Å². The highest BCUT2D eigenvalue weighted by molar-refractivity contribution is 7.89. The zero-order valence-electron chi connectivity index (χ0n) is 11.1. The topological polar surface area (TPSA) is 117 Å². The third-order valence-corrected chi connectivity index (χ3v) is 4.51. The van der Waals surface area contributed by atoms with Gasteiger partial charge in [0.05, 0.1) is 6.04 Å². The number of nitrogen functional groups attached to an aromatic ring is 1. The van der Waals surface area contributed by atoms with Crippen molar-refractivity contribution in [1.29, 1.82) is 0 Å². The van der Waals surface area contributed by atoms with Crippen LogP contribution in [0.4, 0.5) is 5.69 Å². The zero-order valence-corrected chi connectivity index (χ0v) is 11.9. The van der Waals surface area contributed by atoms with E-state index in [9.17, 15) is 13.2 Å². The van der Waals surface area contributed by atoms with Gasteiger partial charge in [0, 0.05) is 29.8 Å². The Morgan fingerprint density at radius 1 is 1.40 bits per heavy atom. The van der Waals surface area contributed by atoms with Gasteiger partial charge < -0.3 is 16.0 Å². The van der Waals surface area contributed by atoms with E-state index < -0.39 is 22.0 Å². The highest BCUT2D eigenvalue weighted by Crippen LogP contribution is 2.24. The molecule has 0 aliphatic heterocycles. The van der Waals surface area contributed by atoms with E-state index in [0.717, 1.165) is 0 Å². The lowest BCUT2D eigenvalue weighted by molar-refractivity contribution is -0.121. The number of aromatic amines is 1. The lowest BCUT2D eigenvalue weighted by Crippen LogP contribution is -2.43. The van der Waals surface area contributed by atoms with Crippen LogP contribution in [-0.4, -0.2) is 32.4 Å². The van der Waals surface area contributed by atoms with Gasteiger partial charge in [0.1, 0.15) is 4.90 Å². The van der Waals surface area contributed by atoms with E-state index >= 15 is 0 Å². The van der Waals surface area contributed by atoms with Crippen molar-refractivity contribution < 1.29 is 13.2 Å². The van der Waals surface area contributed by atoms with Crippen molar-refractivity contribution in [2.24, 2.45) is 0 Å². The number of rotatable bonds is 4. The quantitative estimate of drug-likeness (QED) is 0.601. The van der Waals surface area contributed by atoms with Gasteiger partial charge in [-0.25, -0.2) is 8.42 Å². The summed E-state index contributed by atoms with van der Waals surface area (Å²) in [5.41, 5.74) is 6.80. The number of hydrogen-bond acceptors (Lipinski definition) is 4. The molecule has 5 N–H and O–H groups in total. The first-order chi connectivity index (χ1) is 9.35. The van der Waals surface area contributed by atoms with Crippen LogP contribution in [0.3, 0.4) is 0 Å². The number of H-pyrrole nitrogens is 1. The molecule has 1 atom stereocenters. The maximum Gasteiger partial charge on any atom is 0.243 e. The summed E-state index contributed by atoms with van der Waals surface area (Å²) in [7, 11) is -2.35. The molecule has 1 heterocycles. The molecular formula is C12H16N4O3S. The molecule has 108 valence electrons. The molecule has 0 saturated carbocycles. The zero-order chi connectivity index (χ0) is 14.9. The number of anilines is 1. The Bertz CT molecular complexity index is 751. The van der Waals surface area contributed by atoms with Crippen LogP contribution < -0.4 is 15.8 Å². The summed E-state index contributed by atoms with van der Waals surface area (Å²) in [6.07, 6.45) is 1.38. The van der Waals surface area contributed by atoms with Crippen LogP contribution in [-0.2, 0) is 14.8 Å². The minimum Gasteiger partial charge on any atom is -0.399 e. The largest absolute Gasteiger partial charge is 0.399 e. The minimum atomic E-state index is -3.79. The number of hydrogen-bond donors (Lipinski definition) is 4. The van der Waals surface area contributed by atoms with Gasteiger partial charge in [0.25, 0.3) is 0 Å². The van der Waals surface area contributed by atoms with E-state index in [1.807, 2.05) is 0 Å². The van der Waals surface area contributed by atoms with Crippen LogP contribution in [0.5, 0.6) is 0 Å². The number of carbonyl (C=O) groups is 1. The Morgan fingerprint density at radius 3 is 2.75 bits per heavy atom. The van der Waals surface area contributed by atoms with E-state index in [1.54, 1.807) is 18.2 Å². The highest BCUT2D eigenvalue weighted by Gasteiger charge is 2.24. The predicted octanol–water partition coefficient (Wildman–Crippen LogP) is 0.163. The average molecular weight is 296 g/mol. The molecule has 8 heteroatoms. The smallest absolute Gasteiger partial charge is 0.243 e. The van der Waals surface area contributed by atoms with Crippen molar-refractivity contribution in [3.63, 3.8) is 0 Å². The molecule has 0 spiro atoms. The molecule has 0 aliphatic rings. The molecule has 0 bridgehead atoms. The van der Waals surface area contributed by atoms with Crippen LogP contribution >= 0.6 is 0 Å². The first-order valence-corrected chi connectivity index (χ1v) is 7.44. The molecule has 1 aromatic heterocycles. The number of aromatic nitrogens is 1. The molecule has 0 radical (unpaired) electrons. The van der Waals surface area contributed by atoms with Crippen molar-refractivity contribution in [2.45, 2.75) is 17.9 Å². The molecule has 0 aliphatic carbocycles. The van der Waals surface area contributed by atoms with Crippen molar-refractivity contribution in [3.8, 4) is 0 Å². The minimum absolute atomic E-state index is 0.0863. The SMILES string of the molecule is CNC(=O)C(C)NS(=O)(=O)c1c[nH]c2cc(N)ccc12. The number of nitrogens with two attached hydrogens (primary N) is 1. The standard InChI is InChI=1S/C12H16N4O3S/c1-7(12(17)14-2)16-20(18,19)11-6-15-10-5-8(13)3-4-9(10)11/h3-7,15-16H,13H2,1-2H3,(H,14,17). The molecule has 1 unspecified atom stereocenters. The van der Waals surface area contributed by atoms with Gasteiger partial charge in [-0.05, 0) is 25.1 Å². The lowest BCUT2D eigenvalue weighted by Gasteiger charge is -2.12. The highest BCUT2D eigenvalue weighted by atomic mass is 32.2. The number of benzene rings is 1. The van der Waals surface area contributed by atoms with Gasteiger partial charge in [0.15, 0.2) is 0 Å². The summed E-state index contributed by atoms with van der Waals surface area (Å²) in [5.74, 6) is -0.405. The van der Waals surface area contributed by atoms with Gasteiger partial charge in [0.2, 0.25) is 15.9 Å². The van der Waals surface area contributed by atoms with E-state index in [0.29, 0.717) is 16.6 Å². The van der Waals surface area contributed by atoms with E-state index in [2.05, 4.69) is 15.0 Å². The predicted molar refractivity (Wildman–Crippen MR) is 76.6 cm³/mol. The molecule has 1 amide bonds. The second-order valence-electron chi connectivity index (χ2n) is 4.42. The molecule has 2 rings (SSSR count). The van der Waals surface area contributed by atoms with E-state index in [-0.39, 0.29) is 4.90 Å². The van der Waals surface area contributed by atoms with Crippen LogP contribution in [0.25, 0.3) is 10.9 Å². The number of amides is 1. The number of likely N-dealkylation sites (N-methyl/N-ethyl adjacent to an activating group) is 1. The molecule has 20 heavy (non-hydrogen) atoms. The molecule has 7 nitrogen and oxygen atoms in total. The molecule has 1 aromatic carbocycles. The third kappa shape index (κ3) is 2.61. The second-order valence-corrected chi connectivity index (χ2v) is 6.10. The lowest BCUT2D eigenvalue weighted by atomic mass is 10.2. The Balaban J connectivity index is 2.40. The Morgan fingerprint density at radius 2 is 2.10 bits per heavy atom. The van der Waals surface area contributed by atoms with Gasteiger partial charge >= 0.3 is 0 Å². The van der Waals surface area contributed by atoms with Crippen molar-refractivity contribution in [2.75, 3.05) is 12.8 Å². The fourth-order valence-electron chi connectivity index (χ4n) is 1.91. The first kappa shape index (κ1) is 14.4. The molecule has 2 aromatic rings. The van der Waals surface area contributed by atoms with Crippen molar-refractivity contribution >= 4 is 32.5 Å². The van der Waals surface area contributed by atoms with Crippen LogP contribution in [0, 0.1) is 0 Å². The molecular weight excluding hydrogens is 280 g/mol. The Labute approximate surface area is 116 Å². The number of fused-ring (bicyclic) bond motifs is 1. The Hall–Kier alpha value is -2.06. The van der Waals surface area contributed by atoms with Crippen molar-refractivity contribution in [1.82, 2.24) is 15.0 Å². The summed E-state index contributed by atoms with van der Waals surface area (Å²) in [6, 6.07) is 4.04. The monoisotopic (exact) mass is 296 g/mol. The van der Waals surface area contributed by atoms with Crippen LogP contribution in [0.2, 0.25) is 0 Å². The fourth-order valence-corrected chi connectivity index (χ4v) is 3.29. The molecule has 0 saturated heterocycles. The molecule has 0 fully saturated rings. The number of nitrogens with one attached hydrogen (secondary N) is 3. The first-order valence-electron chi connectivity index (χ1n) is 5.95. The Kier molecular flexibility index (Phi) is 3.69. The summed E-state index contributed by atoms with van der Waals surface area (Å²) < 4.78 is 26.9. The van der Waals surface area contributed by atoms with Crippen LogP contribution in [0.1, 0.15) is 6.92 Å². The number of sulfonamides is 1. The maximum absolute atomic E-state index is 12.3. The van der Waals surface area contributed by atoms with E-state index in [1.165, 1.54) is 20.2 Å².